The molecule has 13 nitrogen and oxygen atoms in total. The molecule has 1 unspecified atom stereocenters. The monoisotopic (exact) mass is 713 g/mol. The van der Waals surface area contributed by atoms with Gasteiger partial charge in [0.2, 0.25) is 11.8 Å². The SMILES string of the molecule is COc1cc(C2=CN(C)C(=O)N(C)C2)cc(OC)c1CN1CCC(CCN2CCN(c3ccc4c(c3)C(=O)N(C3CCC(=O)NC3=O)C4)CC2)CC1. The molecule has 3 saturated heterocycles. The molecule has 13 heteroatoms. The van der Waals surface area contributed by atoms with Gasteiger partial charge >= 0.3 is 6.03 Å². The molecular formula is C39H51N7O6. The van der Waals surface area contributed by atoms with Gasteiger partial charge in [0.05, 0.1) is 19.8 Å². The number of imide groups is 1. The number of carbonyl (C=O) groups is 4. The lowest BCUT2D eigenvalue weighted by atomic mass is 9.92. The fraction of sp³-hybridized carbons (Fsp3) is 0.538. The predicted octanol–water partition coefficient (Wildman–Crippen LogP) is 3.23. The number of carbonyl (C=O) groups excluding carboxylic acids is 4. The van der Waals surface area contributed by atoms with E-state index in [-0.39, 0.29) is 30.2 Å². The first kappa shape index (κ1) is 35.8. The van der Waals surface area contributed by atoms with Crippen LogP contribution in [0.1, 0.15) is 59.2 Å². The first-order valence-electron chi connectivity index (χ1n) is 18.5. The average Bonchev–Trinajstić information content (AvgIpc) is 3.48. The predicted molar refractivity (Wildman–Crippen MR) is 197 cm³/mol. The van der Waals surface area contributed by atoms with Gasteiger partial charge in [0, 0.05) is 83.8 Å². The molecule has 2 aromatic rings. The molecule has 2 aromatic carbocycles. The van der Waals surface area contributed by atoms with Crippen molar-refractivity contribution >= 4 is 35.0 Å². The third-order valence-corrected chi connectivity index (χ3v) is 11.6. The highest BCUT2D eigenvalue weighted by atomic mass is 16.5. The van der Waals surface area contributed by atoms with Crippen molar-refractivity contribution in [3.8, 4) is 11.5 Å². The summed E-state index contributed by atoms with van der Waals surface area (Å²) in [4.78, 5) is 61.9. The number of likely N-dealkylation sites (tertiary alicyclic amines) is 1. The minimum atomic E-state index is -0.591. The number of piperazine rings is 1. The highest BCUT2D eigenvalue weighted by molar-refractivity contribution is 6.05. The van der Waals surface area contributed by atoms with E-state index >= 15 is 0 Å². The first-order chi connectivity index (χ1) is 25.1. The molecule has 0 bridgehead atoms. The van der Waals surface area contributed by atoms with Crippen molar-refractivity contribution in [2.45, 2.75) is 51.2 Å². The molecule has 1 atom stereocenters. The van der Waals surface area contributed by atoms with E-state index in [1.165, 1.54) is 19.3 Å². The quantitative estimate of drug-likeness (QED) is 0.371. The van der Waals surface area contributed by atoms with Crippen LogP contribution in [0.15, 0.2) is 36.5 Å². The number of piperidine rings is 2. The normalized spacial score (nSPS) is 22.2. The van der Waals surface area contributed by atoms with Crippen LogP contribution in [0.3, 0.4) is 0 Å². The maximum Gasteiger partial charge on any atom is 0.323 e. The summed E-state index contributed by atoms with van der Waals surface area (Å²) in [7, 11) is 6.99. The van der Waals surface area contributed by atoms with Gasteiger partial charge < -0.3 is 29.1 Å². The average molecular weight is 714 g/mol. The summed E-state index contributed by atoms with van der Waals surface area (Å²) in [5.74, 6) is 1.54. The van der Waals surface area contributed by atoms with Gasteiger partial charge in [-0.05, 0) is 92.2 Å². The number of benzene rings is 2. The van der Waals surface area contributed by atoms with Gasteiger partial charge in [-0.1, -0.05) is 6.07 Å². The standard InChI is InChI=1S/C39H51N7O6/c1-41-22-29(23-42(2)39(41)50)28-19-34(51-3)32(35(20-28)52-4)25-44-13-10-26(11-14-44)9-12-43-15-17-45(18-16-43)30-6-5-27-24-46(38(49)31(27)21-30)33-7-8-36(47)40-37(33)48/h5-6,19-22,26,33H,7-18,23-25H2,1-4H3,(H,40,47,48). The number of hydrogen-bond donors (Lipinski definition) is 1. The number of rotatable bonds is 10. The molecule has 0 aromatic heterocycles. The molecule has 5 heterocycles. The van der Waals surface area contributed by atoms with Gasteiger partial charge in [0.15, 0.2) is 0 Å². The topological polar surface area (TPSA) is 118 Å². The minimum Gasteiger partial charge on any atom is -0.496 e. The Balaban J connectivity index is 0.873. The van der Waals surface area contributed by atoms with Crippen LogP contribution < -0.4 is 19.7 Å². The molecule has 1 N–H and O–H groups in total. The Morgan fingerprint density at radius 2 is 1.54 bits per heavy atom. The van der Waals surface area contributed by atoms with Crippen LogP contribution in [0.2, 0.25) is 0 Å². The van der Waals surface area contributed by atoms with Gasteiger partial charge in [-0.3, -0.25) is 29.5 Å². The number of likely N-dealkylation sites (N-methyl/N-ethyl adjacent to an activating group) is 1. The van der Waals surface area contributed by atoms with Gasteiger partial charge in [-0.2, -0.15) is 0 Å². The van der Waals surface area contributed by atoms with Crippen molar-refractivity contribution in [1.82, 2.24) is 29.8 Å². The number of methoxy groups -OCH3 is 2. The largest absolute Gasteiger partial charge is 0.496 e. The van der Waals surface area contributed by atoms with Crippen LogP contribution in [0.25, 0.3) is 5.57 Å². The summed E-state index contributed by atoms with van der Waals surface area (Å²) in [5, 5.41) is 2.38. The Morgan fingerprint density at radius 1 is 0.827 bits per heavy atom. The lowest BCUT2D eigenvalue weighted by Crippen LogP contribution is -2.52. The fourth-order valence-corrected chi connectivity index (χ4v) is 8.40. The maximum absolute atomic E-state index is 13.3. The maximum atomic E-state index is 13.3. The molecule has 3 fully saturated rings. The second-order valence-electron chi connectivity index (χ2n) is 14.8. The molecule has 278 valence electrons. The molecule has 5 aliphatic rings. The summed E-state index contributed by atoms with van der Waals surface area (Å²) >= 11 is 0. The van der Waals surface area contributed by atoms with Crippen molar-refractivity contribution in [3.05, 3.63) is 58.8 Å². The highest BCUT2D eigenvalue weighted by Gasteiger charge is 2.39. The van der Waals surface area contributed by atoms with E-state index in [9.17, 15) is 19.2 Å². The zero-order chi connectivity index (χ0) is 36.5. The van der Waals surface area contributed by atoms with Gasteiger partial charge in [0.25, 0.3) is 5.91 Å². The van der Waals surface area contributed by atoms with Crippen molar-refractivity contribution in [3.63, 3.8) is 0 Å². The van der Waals surface area contributed by atoms with Crippen molar-refractivity contribution in [2.75, 3.05) is 85.6 Å². The molecule has 5 aliphatic heterocycles. The zero-order valence-corrected chi connectivity index (χ0v) is 30.9. The minimum absolute atomic E-state index is 0.0282. The van der Waals surface area contributed by atoms with Crippen molar-refractivity contribution in [2.24, 2.45) is 5.92 Å². The number of urea groups is 1. The smallest absolute Gasteiger partial charge is 0.323 e. The van der Waals surface area contributed by atoms with Gasteiger partial charge in [0.1, 0.15) is 17.5 Å². The number of amides is 5. The zero-order valence-electron chi connectivity index (χ0n) is 30.9. The van der Waals surface area contributed by atoms with E-state index < -0.39 is 6.04 Å². The van der Waals surface area contributed by atoms with Crippen LogP contribution in [0, 0.1) is 5.92 Å². The second kappa shape index (κ2) is 15.2. The summed E-state index contributed by atoms with van der Waals surface area (Å²) in [5.41, 5.74) is 5.74. The van der Waals surface area contributed by atoms with Crippen LogP contribution in [-0.2, 0) is 22.7 Å². The summed E-state index contributed by atoms with van der Waals surface area (Å²) in [6.07, 6.45) is 6.05. The molecule has 5 amide bonds. The molecule has 0 spiro atoms. The summed E-state index contributed by atoms with van der Waals surface area (Å²) in [6.45, 7) is 8.66. The van der Waals surface area contributed by atoms with E-state index in [1.807, 2.05) is 25.4 Å². The third-order valence-electron chi connectivity index (χ3n) is 11.6. The highest BCUT2D eigenvalue weighted by Crippen LogP contribution is 2.37. The van der Waals surface area contributed by atoms with Crippen LogP contribution in [0.5, 0.6) is 11.5 Å². The van der Waals surface area contributed by atoms with E-state index in [0.717, 1.165) is 91.8 Å². The molecule has 0 aliphatic carbocycles. The van der Waals surface area contributed by atoms with Crippen molar-refractivity contribution < 1.29 is 28.7 Å². The molecule has 0 radical (unpaired) electrons. The van der Waals surface area contributed by atoms with E-state index in [4.69, 9.17) is 9.47 Å². The number of anilines is 1. The summed E-state index contributed by atoms with van der Waals surface area (Å²) in [6, 6.07) is 9.61. The molecular weight excluding hydrogens is 662 g/mol. The Labute approximate surface area is 306 Å². The molecule has 0 saturated carbocycles. The van der Waals surface area contributed by atoms with E-state index in [1.54, 1.807) is 36.0 Å². The number of hydrogen-bond acceptors (Lipinski definition) is 9. The third kappa shape index (κ3) is 7.34. The van der Waals surface area contributed by atoms with Gasteiger partial charge in [-0.15, -0.1) is 0 Å². The van der Waals surface area contributed by atoms with E-state index in [0.29, 0.717) is 31.0 Å². The van der Waals surface area contributed by atoms with Gasteiger partial charge in [-0.25, -0.2) is 4.79 Å². The number of nitrogens with one attached hydrogen (secondary N) is 1. The second-order valence-corrected chi connectivity index (χ2v) is 14.8. The molecule has 7 rings (SSSR count). The Bertz CT molecular complexity index is 1720. The number of ether oxygens (including phenoxy) is 2. The van der Waals surface area contributed by atoms with Crippen molar-refractivity contribution in [1.29, 1.82) is 0 Å². The Hall–Kier alpha value is -4.62. The van der Waals surface area contributed by atoms with E-state index in [2.05, 4.69) is 38.2 Å². The first-order valence-corrected chi connectivity index (χ1v) is 18.5. The van der Waals surface area contributed by atoms with Crippen LogP contribution in [-0.4, -0.2) is 135 Å². The lowest BCUT2D eigenvalue weighted by Gasteiger charge is -2.38. The van der Waals surface area contributed by atoms with Crippen LogP contribution >= 0.6 is 0 Å². The fourth-order valence-electron chi connectivity index (χ4n) is 8.40. The summed E-state index contributed by atoms with van der Waals surface area (Å²) < 4.78 is 11.8. The van der Waals surface area contributed by atoms with Crippen LogP contribution in [0.4, 0.5) is 10.5 Å². The number of fused-ring (bicyclic) bond motifs is 1. The Morgan fingerprint density at radius 3 is 2.19 bits per heavy atom. The number of nitrogens with zero attached hydrogens (tertiary/aromatic N) is 6. The lowest BCUT2D eigenvalue weighted by molar-refractivity contribution is -0.136. The molecule has 52 heavy (non-hydrogen) atoms. The Kier molecular flexibility index (Phi) is 10.4.